The van der Waals surface area contributed by atoms with Crippen molar-refractivity contribution >= 4 is 0 Å². The lowest BCUT2D eigenvalue weighted by Gasteiger charge is -2.22. The van der Waals surface area contributed by atoms with Gasteiger partial charge in [0.1, 0.15) is 5.75 Å². The van der Waals surface area contributed by atoms with Gasteiger partial charge in [0.15, 0.2) is 0 Å². The fourth-order valence-corrected chi connectivity index (χ4v) is 2.06. The maximum Gasteiger partial charge on any atom is 0.122 e. The van der Waals surface area contributed by atoms with Gasteiger partial charge in [-0.3, -0.25) is 0 Å². The molecule has 0 fully saturated rings. The lowest BCUT2D eigenvalue weighted by atomic mass is 9.91. The second-order valence-corrected chi connectivity index (χ2v) is 4.93. The Morgan fingerprint density at radius 1 is 1.28 bits per heavy atom. The molecule has 2 atom stereocenters. The average molecular weight is 252 g/mol. The molecule has 0 radical (unpaired) electrons. The van der Waals surface area contributed by atoms with Gasteiger partial charge < -0.3 is 21.3 Å². The monoisotopic (exact) mass is 252 g/mol. The molecule has 5 N–H and O–H groups in total. The zero-order valence-electron chi connectivity index (χ0n) is 11.6. The van der Waals surface area contributed by atoms with Crippen LogP contribution in [0.15, 0.2) is 12.1 Å². The quantitative estimate of drug-likeness (QED) is 0.740. The summed E-state index contributed by atoms with van der Waals surface area (Å²) in [5.74, 6) is 1.20. The molecule has 0 aliphatic rings. The van der Waals surface area contributed by atoms with E-state index in [0.29, 0.717) is 5.92 Å². The molecule has 0 saturated carbocycles. The zero-order chi connectivity index (χ0) is 13.9. The van der Waals surface area contributed by atoms with Crippen LogP contribution in [0, 0.1) is 6.92 Å². The number of aliphatic hydroxyl groups excluding tert-OH is 1. The molecule has 2 unspecified atom stereocenters. The Morgan fingerprint density at radius 2 is 1.89 bits per heavy atom. The van der Waals surface area contributed by atoms with Crippen LogP contribution < -0.4 is 16.2 Å². The Kier molecular flexibility index (Phi) is 5.14. The summed E-state index contributed by atoms with van der Waals surface area (Å²) < 4.78 is 5.38. The van der Waals surface area contributed by atoms with Crippen LogP contribution in [-0.4, -0.2) is 24.9 Å². The minimum atomic E-state index is -0.725. The van der Waals surface area contributed by atoms with Gasteiger partial charge in [0, 0.05) is 6.54 Å². The van der Waals surface area contributed by atoms with E-state index in [1.807, 2.05) is 19.1 Å². The van der Waals surface area contributed by atoms with Crippen molar-refractivity contribution < 1.29 is 9.84 Å². The largest absolute Gasteiger partial charge is 0.496 e. The minimum absolute atomic E-state index is 0.156. The molecule has 4 heteroatoms. The number of benzene rings is 1. The first-order valence-electron chi connectivity index (χ1n) is 6.24. The third-order valence-electron chi connectivity index (χ3n) is 3.26. The summed E-state index contributed by atoms with van der Waals surface area (Å²) in [7, 11) is 1.66. The highest BCUT2D eigenvalue weighted by Crippen LogP contribution is 2.32. The number of methoxy groups -OCH3 is 1. The topological polar surface area (TPSA) is 81.5 Å². The second-order valence-electron chi connectivity index (χ2n) is 4.93. The SMILES string of the molecule is COc1cc(C)c(C(N)C(O)CN)cc1C(C)C. The molecule has 0 saturated heterocycles. The van der Waals surface area contributed by atoms with E-state index in [-0.39, 0.29) is 6.54 Å². The smallest absolute Gasteiger partial charge is 0.122 e. The van der Waals surface area contributed by atoms with Crippen LogP contribution in [-0.2, 0) is 0 Å². The van der Waals surface area contributed by atoms with E-state index in [4.69, 9.17) is 16.2 Å². The molecular weight excluding hydrogens is 228 g/mol. The standard InChI is InChI=1S/C14H24N2O2/c1-8(2)10-6-11(14(16)12(17)7-15)9(3)5-13(10)18-4/h5-6,8,12,14,17H,7,15-16H2,1-4H3. The molecule has 0 aliphatic carbocycles. The maximum absolute atomic E-state index is 9.78. The molecule has 0 aliphatic heterocycles. The van der Waals surface area contributed by atoms with E-state index in [1.165, 1.54) is 0 Å². The van der Waals surface area contributed by atoms with Gasteiger partial charge in [0.25, 0.3) is 0 Å². The summed E-state index contributed by atoms with van der Waals surface area (Å²) in [6.45, 7) is 6.32. The first-order valence-corrected chi connectivity index (χ1v) is 6.24. The highest BCUT2D eigenvalue weighted by molar-refractivity contribution is 5.45. The highest BCUT2D eigenvalue weighted by Gasteiger charge is 2.20. The number of ether oxygens (including phenoxy) is 1. The van der Waals surface area contributed by atoms with Gasteiger partial charge in [-0.1, -0.05) is 13.8 Å². The summed E-state index contributed by atoms with van der Waals surface area (Å²) in [6.07, 6.45) is -0.725. The van der Waals surface area contributed by atoms with Gasteiger partial charge in [-0.05, 0) is 41.7 Å². The van der Waals surface area contributed by atoms with Crippen LogP contribution in [0.4, 0.5) is 0 Å². The van der Waals surface area contributed by atoms with Crippen molar-refractivity contribution in [1.29, 1.82) is 0 Å². The van der Waals surface area contributed by atoms with Crippen LogP contribution in [0.3, 0.4) is 0 Å². The molecule has 0 spiro atoms. The number of rotatable bonds is 5. The molecule has 102 valence electrons. The van der Waals surface area contributed by atoms with Crippen LogP contribution in [0.5, 0.6) is 5.75 Å². The van der Waals surface area contributed by atoms with E-state index in [0.717, 1.165) is 22.4 Å². The van der Waals surface area contributed by atoms with Crippen molar-refractivity contribution in [2.24, 2.45) is 11.5 Å². The van der Waals surface area contributed by atoms with E-state index < -0.39 is 12.1 Å². The Morgan fingerprint density at radius 3 is 2.33 bits per heavy atom. The maximum atomic E-state index is 9.78. The van der Waals surface area contributed by atoms with Gasteiger partial charge in [-0.15, -0.1) is 0 Å². The molecule has 0 amide bonds. The van der Waals surface area contributed by atoms with Crippen molar-refractivity contribution in [3.8, 4) is 5.75 Å². The fraction of sp³-hybridized carbons (Fsp3) is 0.571. The third kappa shape index (κ3) is 3.02. The normalized spacial score (nSPS) is 14.7. The van der Waals surface area contributed by atoms with Crippen LogP contribution in [0.1, 0.15) is 42.5 Å². The van der Waals surface area contributed by atoms with Crippen LogP contribution in [0.25, 0.3) is 0 Å². The van der Waals surface area contributed by atoms with Gasteiger partial charge >= 0.3 is 0 Å². The predicted octanol–water partition coefficient (Wildman–Crippen LogP) is 1.45. The molecule has 0 bridgehead atoms. The molecule has 0 heterocycles. The summed E-state index contributed by atoms with van der Waals surface area (Å²) in [4.78, 5) is 0. The number of aryl methyl sites for hydroxylation is 1. The number of aliphatic hydroxyl groups is 1. The molecule has 0 aromatic heterocycles. The Bertz CT molecular complexity index is 405. The Labute approximate surface area is 109 Å². The van der Waals surface area contributed by atoms with Crippen molar-refractivity contribution in [2.45, 2.75) is 38.8 Å². The lowest BCUT2D eigenvalue weighted by Crippen LogP contribution is -2.33. The fourth-order valence-electron chi connectivity index (χ4n) is 2.06. The summed E-state index contributed by atoms with van der Waals surface area (Å²) in [5.41, 5.74) is 14.5. The molecule has 4 nitrogen and oxygen atoms in total. The summed E-state index contributed by atoms with van der Waals surface area (Å²) in [6, 6.07) is 3.52. The number of hydrogen-bond donors (Lipinski definition) is 3. The van der Waals surface area contributed by atoms with Gasteiger partial charge in [0.05, 0.1) is 19.3 Å². The molecule has 1 aromatic rings. The first-order chi connectivity index (χ1) is 8.42. The van der Waals surface area contributed by atoms with Crippen molar-refractivity contribution in [3.05, 3.63) is 28.8 Å². The summed E-state index contributed by atoms with van der Waals surface area (Å²) >= 11 is 0. The first kappa shape index (κ1) is 15.0. The predicted molar refractivity (Wildman–Crippen MR) is 73.8 cm³/mol. The Hall–Kier alpha value is -1.10. The van der Waals surface area contributed by atoms with Crippen molar-refractivity contribution in [2.75, 3.05) is 13.7 Å². The van der Waals surface area contributed by atoms with Crippen molar-refractivity contribution in [1.82, 2.24) is 0 Å². The van der Waals surface area contributed by atoms with Gasteiger partial charge in [-0.2, -0.15) is 0 Å². The molecule has 1 aromatic carbocycles. The van der Waals surface area contributed by atoms with Crippen LogP contribution >= 0.6 is 0 Å². The molecule has 1 rings (SSSR count). The Balaban J connectivity index is 3.25. The summed E-state index contributed by atoms with van der Waals surface area (Å²) in [5, 5.41) is 9.78. The third-order valence-corrected chi connectivity index (χ3v) is 3.26. The van der Waals surface area contributed by atoms with E-state index in [9.17, 15) is 5.11 Å². The highest BCUT2D eigenvalue weighted by atomic mass is 16.5. The average Bonchev–Trinajstić information content (AvgIpc) is 2.36. The second kappa shape index (κ2) is 6.18. The molecular formula is C14H24N2O2. The van der Waals surface area contributed by atoms with Crippen LogP contribution in [0.2, 0.25) is 0 Å². The lowest BCUT2D eigenvalue weighted by molar-refractivity contribution is 0.152. The van der Waals surface area contributed by atoms with E-state index in [1.54, 1.807) is 7.11 Å². The van der Waals surface area contributed by atoms with Crippen molar-refractivity contribution in [3.63, 3.8) is 0 Å². The van der Waals surface area contributed by atoms with E-state index in [2.05, 4.69) is 13.8 Å². The van der Waals surface area contributed by atoms with Gasteiger partial charge in [-0.25, -0.2) is 0 Å². The van der Waals surface area contributed by atoms with Gasteiger partial charge in [0.2, 0.25) is 0 Å². The number of hydrogen-bond acceptors (Lipinski definition) is 4. The minimum Gasteiger partial charge on any atom is -0.496 e. The number of nitrogens with two attached hydrogens (primary N) is 2. The molecule has 18 heavy (non-hydrogen) atoms. The zero-order valence-corrected chi connectivity index (χ0v) is 11.6. The van der Waals surface area contributed by atoms with E-state index >= 15 is 0 Å².